The molecule has 0 unspecified atom stereocenters. The number of carboxylic acids is 1. The molecular weight excluding hydrogens is 294 g/mol. The van der Waals surface area contributed by atoms with E-state index in [1.807, 2.05) is 13.0 Å². The van der Waals surface area contributed by atoms with Crippen molar-refractivity contribution < 1.29 is 19.4 Å². The molecule has 1 amide bonds. The number of amides is 1. The number of carbonyl (C=O) groups excluding carboxylic acids is 1. The second-order valence-corrected chi connectivity index (χ2v) is 5.59. The summed E-state index contributed by atoms with van der Waals surface area (Å²) in [6.07, 6.45) is 1.18. The Bertz CT molecular complexity index is 538. The van der Waals surface area contributed by atoms with Gasteiger partial charge in [0.1, 0.15) is 6.61 Å². The number of ether oxygens (including phenoxy) is 1. The van der Waals surface area contributed by atoms with Gasteiger partial charge in [0.25, 0.3) is 5.91 Å². The minimum atomic E-state index is -0.972. The maximum absolute atomic E-state index is 12.4. The van der Waals surface area contributed by atoms with Gasteiger partial charge >= 0.3 is 5.97 Å². The van der Waals surface area contributed by atoms with Gasteiger partial charge in [-0.15, -0.1) is 0 Å². The monoisotopic (exact) mass is 311 g/mol. The lowest BCUT2D eigenvalue weighted by Gasteiger charge is -2.32. The van der Waals surface area contributed by atoms with E-state index in [-0.39, 0.29) is 18.6 Å². The fourth-order valence-electron chi connectivity index (χ4n) is 2.38. The second-order valence-electron chi connectivity index (χ2n) is 5.18. The summed E-state index contributed by atoms with van der Waals surface area (Å²) in [5.74, 6) is -1.06. The molecule has 0 atom stereocenters. The second kappa shape index (κ2) is 6.91. The van der Waals surface area contributed by atoms with Gasteiger partial charge in [-0.3, -0.25) is 4.79 Å². The Balaban J connectivity index is 1.92. The van der Waals surface area contributed by atoms with E-state index in [0.717, 1.165) is 5.56 Å². The summed E-state index contributed by atoms with van der Waals surface area (Å²) < 4.78 is 5.25. The summed E-state index contributed by atoms with van der Waals surface area (Å²) in [7, 11) is 0. The molecular formula is C15H18ClNO4. The Hall–Kier alpha value is -1.59. The highest BCUT2D eigenvalue weighted by Crippen LogP contribution is 2.22. The van der Waals surface area contributed by atoms with Crippen molar-refractivity contribution in [3.05, 3.63) is 34.3 Å². The minimum absolute atomic E-state index is 0.0864. The summed E-state index contributed by atoms with van der Waals surface area (Å²) in [6.45, 7) is 2.73. The van der Waals surface area contributed by atoms with Gasteiger partial charge in [0.05, 0.1) is 16.7 Å². The fraction of sp³-hybridized carbons (Fsp3) is 0.467. The molecule has 6 heteroatoms. The number of benzene rings is 1. The van der Waals surface area contributed by atoms with Gasteiger partial charge < -0.3 is 14.7 Å². The lowest BCUT2D eigenvalue weighted by atomic mass is 10.1. The van der Waals surface area contributed by atoms with E-state index in [9.17, 15) is 9.59 Å². The van der Waals surface area contributed by atoms with Gasteiger partial charge in [0, 0.05) is 13.1 Å². The molecule has 0 radical (unpaired) electrons. The van der Waals surface area contributed by atoms with Crippen LogP contribution in [0, 0.1) is 6.92 Å². The molecule has 1 N–H and O–H groups in total. The van der Waals surface area contributed by atoms with Crippen molar-refractivity contribution in [1.82, 2.24) is 4.90 Å². The van der Waals surface area contributed by atoms with Crippen LogP contribution in [-0.2, 0) is 9.53 Å². The molecule has 1 saturated heterocycles. The van der Waals surface area contributed by atoms with Crippen molar-refractivity contribution in [2.45, 2.75) is 25.9 Å². The van der Waals surface area contributed by atoms with E-state index >= 15 is 0 Å². The molecule has 21 heavy (non-hydrogen) atoms. The molecule has 114 valence electrons. The molecule has 0 saturated carbocycles. The Labute approximate surface area is 128 Å². The summed E-state index contributed by atoms with van der Waals surface area (Å²) in [5.41, 5.74) is 1.52. The predicted octanol–water partition coefficient (Wildman–Crippen LogP) is 2.35. The molecule has 0 aromatic heterocycles. The first-order chi connectivity index (χ1) is 9.97. The molecule has 5 nitrogen and oxygen atoms in total. The minimum Gasteiger partial charge on any atom is -0.480 e. The number of likely N-dealkylation sites (tertiary alicyclic amines) is 1. The standard InChI is InChI=1S/C15H18ClNO4/c1-10-2-3-12(13(16)8-10)15(20)17-6-4-11(5-7-17)21-9-14(18)19/h2-3,8,11H,4-7,9H2,1H3,(H,18,19). The smallest absolute Gasteiger partial charge is 0.329 e. The van der Waals surface area contributed by atoms with Crippen LogP contribution < -0.4 is 0 Å². The van der Waals surface area contributed by atoms with Gasteiger partial charge in [-0.05, 0) is 37.5 Å². The Morgan fingerprint density at radius 1 is 1.38 bits per heavy atom. The van der Waals surface area contributed by atoms with Crippen molar-refractivity contribution in [1.29, 1.82) is 0 Å². The number of piperidine rings is 1. The van der Waals surface area contributed by atoms with Crippen molar-refractivity contribution in [3.8, 4) is 0 Å². The number of aryl methyl sites for hydroxylation is 1. The van der Waals surface area contributed by atoms with Gasteiger partial charge in [0.2, 0.25) is 0 Å². The topological polar surface area (TPSA) is 66.8 Å². The zero-order chi connectivity index (χ0) is 15.4. The summed E-state index contributed by atoms with van der Waals surface area (Å²) in [4.78, 5) is 24.6. The molecule has 0 aliphatic carbocycles. The molecule has 1 aromatic carbocycles. The Kier molecular flexibility index (Phi) is 5.20. The number of carbonyl (C=O) groups is 2. The maximum atomic E-state index is 12.4. The SMILES string of the molecule is Cc1ccc(C(=O)N2CCC(OCC(=O)O)CC2)c(Cl)c1. The summed E-state index contributed by atoms with van der Waals surface area (Å²) in [6, 6.07) is 5.38. The molecule has 1 heterocycles. The van der Waals surface area contributed by atoms with E-state index in [0.29, 0.717) is 36.5 Å². The molecule has 1 fully saturated rings. The van der Waals surface area contributed by atoms with Crippen LogP contribution in [0.25, 0.3) is 0 Å². The highest BCUT2D eigenvalue weighted by atomic mass is 35.5. The van der Waals surface area contributed by atoms with Gasteiger partial charge in [-0.2, -0.15) is 0 Å². The van der Waals surface area contributed by atoms with Crippen molar-refractivity contribution in [2.75, 3.05) is 19.7 Å². The number of rotatable bonds is 4. The van der Waals surface area contributed by atoms with Crippen LogP contribution in [0.15, 0.2) is 18.2 Å². The average Bonchev–Trinajstić information content (AvgIpc) is 2.45. The van der Waals surface area contributed by atoms with E-state index < -0.39 is 5.97 Å². The van der Waals surface area contributed by atoms with Crippen LogP contribution in [0.2, 0.25) is 5.02 Å². The van der Waals surface area contributed by atoms with Crippen LogP contribution in [0.5, 0.6) is 0 Å². The van der Waals surface area contributed by atoms with Gasteiger partial charge in [-0.1, -0.05) is 17.7 Å². The van der Waals surface area contributed by atoms with E-state index in [1.165, 1.54) is 0 Å². The molecule has 0 bridgehead atoms. The van der Waals surface area contributed by atoms with E-state index in [4.69, 9.17) is 21.4 Å². The predicted molar refractivity (Wildman–Crippen MR) is 78.7 cm³/mol. The Morgan fingerprint density at radius 2 is 2.05 bits per heavy atom. The number of halogens is 1. The van der Waals surface area contributed by atoms with Crippen LogP contribution in [-0.4, -0.2) is 47.7 Å². The molecule has 1 aromatic rings. The van der Waals surface area contributed by atoms with Gasteiger partial charge in [-0.25, -0.2) is 4.79 Å². The summed E-state index contributed by atoms with van der Waals surface area (Å²) in [5, 5.41) is 9.04. The van der Waals surface area contributed by atoms with Gasteiger partial charge in [0.15, 0.2) is 0 Å². The van der Waals surface area contributed by atoms with Crippen LogP contribution in [0.3, 0.4) is 0 Å². The van der Waals surface area contributed by atoms with E-state index in [2.05, 4.69) is 0 Å². The average molecular weight is 312 g/mol. The number of hydrogen-bond donors (Lipinski definition) is 1. The first kappa shape index (κ1) is 15.8. The van der Waals surface area contributed by atoms with Crippen molar-refractivity contribution in [3.63, 3.8) is 0 Å². The highest BCUT2D eigenvalue weighted by Gasteiger charge is 2.25. The zero-order valence-electron chi connectivity index (χ0n) is 11.8. The third-order valence-corrected chi connectivity index (χ3v) is 3.84. The molecule has 1 aliphatic heterocycles. The largest absolute Gasteiger partial charge is 0.480 e. The quantitative estimate of drug-likeness (QED) is 0.927. The first-order valence-electron chi connectivity index (χ1n) is 6.86. The van der Waals surface area contributed by atoms with Crippen LogP contribution in [0.1, 0.15) is 28.8 Å². The first-order valence-corrected chi connectivity index (χ1v) is 7.24. The molecule has 2 rings (SSSR count). The van der Waals surface area contributed by atoms with Crippen molar-refractivity contribution in [2.24, 2.45) is 0 Å². The van der Waals surface area contributed by atoms with Crippen molar-refractivity contribution >= 4 is 23.5 Å². The van der Waals surface area contributed by atoms with Crippen LogP contribution in [0.4, 0.5) is 0 Å². The third-order valence-electron chi connectivity index (χ3n) is 3.53. The lowest BCUT2D eigenvalue weighted by Crippen LogP contribution is -2.41. The highest BCUT2D eigenvalue weighted by molar-refractivity contribution is 6.33. The Morgan fingerprint density at radius 3 is 2.62 bits per heavy atom. The molecule has 1 aliphatic rings. The fourth-order valence-corrected chi connectivity index (χ4v) is 2.69. The normalized spacial score (nSPS) is 16.0. The number of nitrogens with zero attached hydrogens (tertiary/aromatic N) is 1. The number of hydrogen-bond acceptors (Lipinski definition) is 3. The molecule has 0 spiro atoms. The zero-order valence-corrected chi connectivity index (χ0v) is 12.6. The summed E-state index contributed by atoms with van der Waals surface area (Å²) >= 11 is 6.12. The number of carboxylic acid groups (broad SMARTS) is 1. The number of aliphatic carboxylic acids is 1. The van der Waals surface area contributed by atoms with Crippen LogP contribution >= 0.6 is 11.6 Å². The lowest BCUT2D eigenvalue weighted by molar-refractivity contribution is -0.145. The third kappa shape index (κ3) is 4.19. The maximum Gasteiger partial charge on any atom is 0.329 e. The van der Waals surface area contributed by atoms with E-state index in [1.54, 1.807) is 17.0 Å².